The van der Waals surface area contributed by atoms with Crippen molar-refractivity contribution in [1.29, 1.82) is 0 Å². The van der Waals surface area contributed by atoms with E-state index in [1.165, 1.54) is 6.07 Å². The summed E-state index contributed by atoms with van der Waals surface area (Å²) in [5, 5.41) is 3.15. The fourth-order valence-corrected chi connectivity index (χ4v) is 5.94. The van der Waals surface area contributed by atoms with E-state index in [9.17, 15) is 18.4 Å². The molecule has 2 aliphatic rings. The summed E-state index contributed by atoms with van der Waals surface area (Å²) in [4.78, 5) is 39.2. The van der Waals surface area contributed by atoms with Gasteiger partial charge in [-0.3, -0.25) is 14.5 Å². The van der Waals surface area contributed by atoms with Crippen LogP contribution in [0.1, 0.15) is 60.5 Å². The number of likely N-dealkylation sites (tertiary alicyclic amines) is 1. The van der Waals surface area contributed by atoms with Gasteiger partial charge in [-0.05, 0) is 73.4 Å². The molecule has 10 heteroatoms. The predicted octanol–water partition coefficient (Wildman–Crippen LogP) is 4.61. The Hall–Kier alpha value is -4.08. The molecule has 1 saturated heterocycles. The molecule has 2 N–H and O–H groups in total. The number of halogens is 2. The van der Waals surface area contributed by atoms with Crippen LogP contribution in [0.5, 0.6) is 0 Å². The number of fused-ring (bicyclic) bond motifs is 2. The smallest absolute Gasteiger partial charge is 0.327 e. The third-order valence-electron chi connectivity index (χ3n) is 7.85. The highest BCUT2D eigenvalue weighted by Crippen LogP contribution is 2.37. The van der Waals surface area contributed by atoms with Gasteiger partial charge in [-0.15, -0.1) is 0 Å². The topological polar surface area (TPSA) is 95.9 Å². The average Bonchev–Trinajstić information content (AvgIpc) is 3.16. The highest BCUT2D eigenvalue weighted by Gasteiger charge is 2.31. The molecule has 1 fully saturated rings. The maximum absolute atomic E-state index is 14.6. The van der Waals surface area contributed by atoms with E-state index in [-0.39, 0.29) is 29.7 Å². The van der Waals surface area contributed by atoms with Gasteiger partial charge >= 0.3 is 11.7 Å². The third-order valence-corrected chi connectivity index (χ3v) is 7.85. The Labute approximate surface area is 217 Å². The molecule has 0 unspecified atom stereocenters. The zero-order chi connectivity index (χ0) is 26.2. The van der Waals surface area contributed by atoms with Gasteiger partial charge in [-0.25, -0.2) is 23.4 Å². The first kappa shape index (κ1) is 24.3. The van der Waals surface area contributed by atoms with Gasteiger partial charge in [0.05, 0.1) is 17.3 Å². The van der Waals surface area contributed by atoms with Crippen molar-refractivity contribution in [3.05, 3.63) is 93.8 Å². The van der Waals surface area contributed by atoms with E-state index in [0.29, 0.717) is 56.4 Å². The van der Waals surface area contributed by atoms with Gasteiger partial charge in [0.15, 0.2) is 17.3 Å². The summed E-state index contributed by atoms with van der Waals surface area (Å²) < 4.78 is 30.3. The number of H-pyrrole nitrogens is 1. The van der Waals surface area contributed by atoms with E-state index in [4.69, 9.17) is 0 Å². The minimum atomic E-state index is -0.849. The molecule has 38 heavy (non-hydrogen) atoms. The van der Waals surface area contributed by atoms with Crippen molar-refractivity contribution in [3.63, 3.8) is 0 Å². The molecule has 0 saturated carbocycles. The number of rotatable bonds is 3. The number of piperidine rings is 1. The lowest BCUT2D eigenvalue weighted by atomic mass is 9.90. The Balaban J connectivity index is 1.15. The molecule has 4 aromatic rings. The number of aromatic nitrogens is 4. The molecule has 196 valence electrons. The Morgan fingerprint density at radius 3 is 2.61 bits per heavy atom. The number of hydrogen-bond donors (Lipinski definition) is 2. The SMILES string of the molecule is O=C(N[C@@H]1CC[C@@H](c2cccc(F)c2F)Cc2cccnc21)N1CCC(n2c(=O)[nH]c3ncccc32)CC1. The molecule has 0 bridgehead atoms. The molecule has 2 atom stereocenters. The number of carbonyl (C=O) groups excluding carboxylic acids is 1. The lowest BCUT2D eigenvalue weighted by molar-refractivity contribution is 0.167. The second-order valence-electron chi connectivity index (χ2n) is 10.1. The summed E-state index contributed by atoms with van der Waals surface area (Å²) >= 11 is 0. The quantitative estimate of drug-likeness (QED) is 0.388. The van der Waals surface area contributed by atoms with Crippen LogP contribution in [0.2, 0.25) is 0 Å². The number of pyridine rings is 2. The second-order valence-corrected chi connectivity index (χ2v) is 10.1. The maximum atomic E-state index is 14.6. The van der Waals surface area contributed by atoms with E-state index < -0.39 is 11.6 Å². The summed E-state index contributed by atoms with van der Waals surface area (Å²) in [6.45, 7) is 1.02. The zero-order valence-electron chi connectivity index (χ0n) is 20.7. The molecule has 0 spiro atoms. The van der Waals surface area contributed by atoms with Crippen molar-refractivity contribution >= 4 is 17.2 Å². The van der Waals surface area contributed by atoms with Gasteiger partial charge in [0, 0.05) is 31.5 Å². The predicted molar refractivity (Wildman–Crippen MR) is 138 cm³/mol. The molecular weight excluding hydrogens is 490 g/mol. The van der Waals surface area contributed by atoms with E-state index in [2.05, 4.69) is 20.3 Å². The van der Waals surface area contributed by atoms with Crippen LogP contribution >= 0.6 is 0 Å². The normalized spacial score (nSPS) is 20.2. The lowest BCUT2D eigenvalue weighted by Crippen LogP contribution is -2.46. The Kier molecular flexibility index (Phi) is 6.39. The number of carbonyl (C=O) groups is 1. The third kappa shape index (κ3) is 4.44. The first-order valence-corrected chi connectivity index (χ1v) is 13.0. The van der Waals surface area contributed by atoms with Gasteiger partial charge < -0.3 is 10.2 Å². The number of nitrogens with one attached hydrogen (secondary N) is 2. The first-order chi connectivity index (χ1) is 18.5. The van der Waals surface area contributed by atoms with Crippen molar-refractivity contribution in [3.8, 4) is 0 Å². The molecule has 2 amide bonds. The van der Waals surface area contributed by atoms with E-state index in [1.54, 1.807) is 34.0 Å². The van der Waals surface area contributed by atoms with Crippen LogP contribution in [0.3, 0.4) is 0 Å². The van der Waals surface area contributed by atoms with Crippen molar-refractivity contribution in [2.45, 2.75) is 50.1 Å². The Morgan fingerprint density at radius 2 is 1.76 bits per heavy atom. The molecule has 3 aromatic heterocycles. The minimum absolute atomic E-state index is 0.0216. The molecule has 1 aliphatic heterocycles. The van der Waals surface area contributed by atoms with Crippen LogP contribution in [0.15, 0.2) is 59.7 Å². The summed E-state index contributed by atoms with van der Waals surface area (Å²) in [5.41, 5.74) is 3.20. The second kappa shape index (κ2) is 10.00. The number of amides is 2. The molecule has 6 rings (SSSR count). The van der Waals surface area contributed by atoms with Gasteiger partial charge in [0.25, 0.3) is 0 Å². The highest BCUT2D eigenvalue weighted by molar-refractivity contribution is 5.75. The first-order valence-electron chi connectivity index (χ1n) is 13.0. The highest BCUT2D eigenvalue weighted by atomic mass is 19.2. The minimum Gasteiger partial charge on any atom is -0.330 e. The van der Waals surface area contributed by atoms with Crippen LogP contribution in [-0.2, 0) is 6.42 Å². The fourth-order valence-electron chi connectivity index (χ4n) is 5.94. The summed E-state index contributed by atoms with van der Waals surface area (Å²) in [5.74, 6) is -1.87. The summed E-state index contributed by atoms with van der Waals surface area (Å²) in [6, 6.07) is 11.2. The van der Waals surface area contributed by atoms with Gasteiger partial charge in [-0.1, -0.05) is 18.2 Å². The van der Waals surface area contributed by atoms with Crippen molar-refractivity contribution in [2.75, 3.05) is 13.1 Å². The standard InChI is InChI=1S/C28H28F2N6O2/c29-21-6-1-5-20(24(21)30)17-8-9-22(25-18(16-17)4-2-12-31-25)33-27(37)35-14-10-19(11-15-35)36-23-7-3-13-32-26(23)34-28(36)38/h1-7,12-13,17,19,22H,8-11,14-16H2,(H,33,37)(H,32,34,38)/t17-,22-/m1/s1. The van der Waals surface area contributed by atoms with E-state index in [0.717, 1.165) is 22.8 Å². The van der Waals surface area contributed by atoms with Gasteiger partial charge in [0.2, 0.25) is 0 Å². The van der Waals surface area contributed by atoms with E-state index in [1.807, 2.05) is 18.2 Å². The monoisotopic (exact) mass is 518 g/mol. The molecule has 4 heterocycles. The molecule has 1 aliphatic carbocycles. The zero-order valence-corrected chi connectivity index (χ0v) is 20.7. The largest absolute Gasteiger partial charge is 0.330 e. The van der Waals surface area contributed by atoms with Crippen LogP contribution in [0.4, 0.5) is 13.6 Å². The lowest BCUT2D eigenvalue weighted by Gasteiger charge is -2.33. The molecular formula is C28H28F2N6O2. The fraction of sp³-hybridized carbons (Fsp3) is 0.357. The van der Waals surface area contributed by atoms with Crippen LogP contribution in [0, 0.1) is 11.6 Å². The van der Waals surface area contributed by atoms with Crippen molar-refractivity contribution in [2.24, 2.45) is 0 Å². The number of imidazole rings is 1. The molecule has 8 nitrogen and oxygen atoms in total. The Bertz CT molecular complexity index is 1540. The number of hydrogen-bond acceptors (Lipinski definition) is 4. The van der Waals surface area contributed by atoms with Crippen molar-refractivity contribution in [1.82, 2.24) is 29.7 Å². The van der Waals surface area contributed by atoms with Crippen molar-refractivity contribution < 1.29 is 13.6 Å². The van der Waals surface area contributed by atoms with E-state index >= 15 is 0 Å². The summed E-state index contributed by atoms with van der Waals surface area (Å²) in [6.07, 6.45) is 6.31. The average molecular weight is 519 g/mol. The van der Waals surface area contributed by atoms with Gasteiger partial charge in [-0.2, -0.15) is 0 Å². The summed E-state index contributed by atoms with van der Waals surface area (Å²) in [7, 11) is 0. The molecule has 0 radical (unpaired) electrons. The number of aromatic amines is 1. The maximum Gasteiger partial charge on any atom is 0.327 e. The Morgan fingerprint density at radius 1 is 0.974 bits per heavy atom. The number of nitrogens with zero attached hydrogens (tertiary/aromatic N) is 4. The van der Waals surface area contributed by atoms with Crippen LogP contribution in [-0.4, -0.2) is 43.5 Å². The van der Waals surface area contributed by atoms with Crippen LogP contribution in [0.25, 0.3) is 11.2 Å². The van der Waals surface area contributed by atoms with Crippen LogP contribution < -0.4 is 11.0 Å². The molecule has 1 aromatic carbocycles. The number of benzene rings is 1. The van der Waals surface area contributed by atoms with Gasteiger partial charge in [0.1, 0.15) is 0 Å². The number of urea groups is 1.